The van der Waals surface area contributed by atoms with Gasteiger partial charge in [-0.05, 0) is 19.1 Å². The molecule has 1 aromatic rings. The summed E-state index contributed by atoms with van der Waals surface area (Å²) in [5.74, 6) is -1.23. The van der Waals surface area contributed by atoms with Gasteiger partial charge in [0.25, 0.3) is 0 Å². The average molecular weight is 211 g/mol. The molecule has 5 heteroatoms. The number of carboxylic acids is 1. The van der Waals surface area contributed by atoms with Gasteiger partial charge in [0.2, 0.25) is 5.91 Å². The van der Waals surface area contributed by atoms with Gasteiger partial charge in [-0.2, -0.15) is 0 Å². The van der Waals surface area contributed by atoms with Crippen molar-refractivity contribution in [2.75, 3.05) is 7.05 Å². The van der Waals surface area contributed by atoms with E-state index in [-0.39, 0.29) is 6.42 Å². The van der Waals surface area contributed by atoms with Gasteiger partial charge < -0.3 is 14.8 Å². The Bertz CT molecular complexity index is 358. The first kappa shape index (κ1) is 11.3. The molecule has 1 atom stereocenters. The van der Waals surface area contributed by atoms with E-state index < -0.39 is 17.3 Å². The smallest absolute Gasteiger partial charge is 0.319 e. The van der Waals surface area contributed by atoms with Crippen molar-refractivity contribution >= 4 is 11.9 Å². The van der Waals surface area contributed by atoms with Crippen LogP contribution in [0.3, 0.4) is 0 Å². The number of aliphatic carboxylic acids is 1. The summed E-state index contributed by atoms with van der Waals surface area (Å²) in [6.07, 6.45) is 1.48. The van der Waals surface area contributed by atoms with E-state index in [2.05, 4.69) is 5.32 Å². The highest BCUT2D eigenvalue weighted by Crippen LogP contribution is 2.23. The molecule has 1 amide bonds. The van der Waals surface area contributed by atoms with Crippen molar-refractivity contribution < 1.29 is 19.1 Å². The van der Waals surface area contributed by atoms with Crippen LogP contribution >= 0.6 is 0 Å². The average Bonchev–Trinajstić information content (AvgIpc) is 2.68. The van der Waals surface area contributed by atoms with Gasteiger partial charge in [-0.15, -0.1) is 0 Å². The number of rotatable bonds is 4. The van der Waals surface area contributed by atoms with Gasteiger partial charge in [0, 0.05) is 13.5 Å². The second-order valence-electron chi connectivity index (χ2n) is 3.47. The predicted octanol–water partition coefficient (Wildman–Crippen LogP) is 0.659. The first-order chi connectivity index (χ1) is 7.00. The topological polar surface area (TPSA) is 79.5 Å². The number of hydrogen-bond donors (Lipinski definition) is 2. The number of nitrogens with one attached hydrogen (secondary N) is 1. The molecule has 0 bridgehead atoms. The van der Waals surface area contributed by atoms with E-state index in [0.717, 1.165) is 0 Å². The molecule has 1 heterocycles. The van der Waals surface area contributed by atoms with Crippen LogP contribution < -0.4 is 5.32 Å². The molecule has 0 aromatic carbocycles. The fourth-order valence-electron chi connectivity index (χ4n) is 1.29. The summed E-state index contributed by atoms with van der Waals surface area (Å²) in [5.41, 5.74) is -1.49. The molecular weight excluding hydrogens is 198 g/mol. The van der Waals surface area contributed by atoms with Gasteiger partial charge >= 0.3 is 5.97 Å². The van der Waals surface area contributed by atoms with Crippen LogP contribution in [0.15, 0.2) is 22.8 Å². The summed E-state index contributed by atoms with van der Waals surface area (Å²) in [6, 6.07) is 3.30. The molecule has 0 aliphatic carbocycles. The maximum absolute atomic E-state index is 11.5. The lowest BCUT2D eigenvalue weighted by Crippen LogP contribution is -2.44. The lowest BCUT2D eigenvalue weighted by molar-refractivity contribution is -0.154. The molecule has 0 saturated carbocycles. The molecule has 1 rings (SSSR count). The van der Waals surface area contributed by atoms with E-state index in [1.54, 1.807) is 12.1 Å². The summed E-state index contributed by atoms with van der Waals surface area (Å²) in [4.78, 5) is 22.5. The molecular formula is C10H13NO4. The molecule has 5 nitrogen and oxygen atoms in total. The van der Waals surface area contributed by atoms with Crippen LogP contribution in [0.4, 0.5) is 0 Å². The number of furan rings is 1. The minimum atomic E-state index is -1.49. The normalized spacial score (nSPS) is 14.3. The van der Waals surface area contributed by atoms with Crippen LogP contribution in [-0.2, 0) is 16.0 Å². The fourth-order valence-corrected chi connectivity index (χ4v) is 1.29. The first-order valence-electron chi connectivity index (χ1n) is 4.48. The molecule has 0 radical (unpaired) electrons. The lowest BCUT2D eigenvalue weighted by Gasteiger charge is -2.21. The standard InChI is InChI=1S/C10H13NO4/c1-10(9(13)14,8(12)11-2)6-7-4-3-5-15-7/h3-5H,6H2,1-2H3,(H,11,12)(H,13,14). The van der Waals surface area contributed by atoms with Gasteiger partial charge in [-0.25, -0.2) is 0 Å². The molecule has 82 valence electrons. The molecule has 0 aliphatic heterocycles. The minimum absolute atomic E-state index is 0.0367. The Morgan fingerprint density at radius 2 is 2.27 bits per heavy atom. The van der Waals surface area contributed by atoms with Crippen molar-refractivity contribution in [2.24, 2.45) is 5.41 Å². The van der Waals surface area contributed by atoms with Crippen LogP contribution in [-0.4, -0.2) is 24.0 Å². The monoisotopic (exact) mass is 211 g/mol. The molecule has 1 unspecified atom stereocenters. The van der Waals surface area contributed by atoms with E-state index in [4.69, 9.17) is 9.52 Å². The van der Waals surface area contributed by atoms with E-state index in [9.17, 15) is 9.59 Å². The van der Waals surface area contributed by atoms with Crippen LogP contribution in [0.1, 0.15) is 12.7 Å². The molecule has 0 aliphatic rings. The van der Waals surface area contributed by atoms with Gasteiger partial charge in [0.05, 0.1) is 6.26 Å². The predicted molar refractivity (Wildman–Crippen MR) is 52.2 cm³/mol. The second-order valence-corrected chi connectivity index (χ2v) is 3.47. The van der Waals surface area contributed by atoms with Crippen LogP contribution in [0.2, 0.25) is 0 Å². The van der Waals surface area contributed by atoms with Crippen molar-refractivity contribution in [1.29, 1.82) is 0 Å². The zero-order chi connectivity index (χ0) is 11.5. The second kappa shape index (κ2) is 4.16. The SMILES string of the molecule is CNC(=O)C(C)(Cc1ccco1)C(=O)O. The Labute approximate surface area is 87.1 Å². The van der Waals surface area contributed by atoms with Gasteiger partial charge in [-0.1, -0.05) is 0 Å². The maximum Gasteiger partial charge on any atom is 0.319 e. The Hall–Kier alpha value is -1.78. The number of carbonyl (C=O) groups excluding carboxylic acids is 1. The number of carboxylic acid groups (broad SMARTS) is 1. The van der Waals surface area contributed by atoms with Crippen molar-refractivity contribution in [3.05, 3.63) is 24.2 Å². The van der Waals surface area contributed by atoms with Crippen molar-refractivity contribution in [2.45, 2.75) is 13.3 Å². The summed E-state index contributed by atoms with van der Waals surface area (Å²) in [7, 11) is 1.41. The third-order valence-corrected chi connectivity index (χ3v) is 2.31. The maximum atomic E-state index is 11.5. The van der Waals surface area contributed by atoms with E-state index in [1.807, 2.05) is 0 Å². The lowest BCUT2D eigenvalue weighted by atomic mass is 9.85. The third kappa shape index (κ3) is 2.18. The Morgan fingerprint density at radius 3 is 2.67 bits per heavy atom. The summed E-state index contributed by atoms with van der Waals surface area (Å²) in [5, 5.41) is 11.4. The molecule has 15 heavy (non-hydrogen) atoms. The molecule has 1 aromatic heterocycles. The third-order valence-electron chi connectivity index (χ3n) is 2.31. The summed E-state index contributed by atoms with van der Waals surface area (Å²) in [6.45, 7) is 1.37. The zero-order valence-electron chi connectivity index (χ0n) is 8.61. The highest BCUT2D eigenvalue weighted by molar-refractivity contribution is 6.01. The Morgan fingerprint density at radius 1 is 1.60 bits per heavy atom. The fraction of sp³-hybridized carbons (Fsp3) is 0.400. The quantitative estimate of drug-likeness (QED) is 0.717. The number of hydrogen-bond acceptors (Lipinski definition) is 3. The van der Waals surface area contributed by atoms with Crippen molar-refractivity contribution in [1.82, 2.24) is 5.32 Å². The summed E-state index contributed by atoms with van der Waals surface area (Å²) >= 11 is 0. The largest absolute Gasteiger partial charge is 0.480 e. The van der Waals surface area contributed by atoms with Crippen LogP contribution in [0.5, 0.6) is 0 Å². The number of carbonyl (C=O) groups is 2. The molecule has 0 fully saturated rings. The van der Waals surface area contributed by atoms with Crippen molar-refractivity contribution in [3.63, 3.8) is 0 Å². The van der Waals surface area contributed by atoms with Gasteiger partial charge in [0.1, 0.15) is 5.76 Å². The number of amides is 1. The highest BCUT2D eigenvalue weighted by Gasteiger charge is 2.41. The summed E-state index contributed by atoms with van der Waals surface area (Å²) < 4.78 is 5.03. The van der Waals surface area contributed by atoms with Gasteiger partial charge in [0.15, 0.2) is 5.41 Å². The van der Waals surface area contributed by atoms with Crippen molar-refractivity contribution in [3.8, 4) is 0 Å². The minimum Gasteiger partial charge on any atom is -0.480 e. The molecule has 2 N–H and O–H groups in total. The molecule has 0 saturated heterocycles. The Kier molecular flexibility index (Phi) is 3.14. The van der Waals surface area contributed by atoms with E-state index >= 15 is 0 Å². The van der Waals surface area contributed by atoms with E-state index in [1.165, 1.54) is 20.2 Å². The Balaban J connectivity index is 2.92. The van der Waals surface area contributed by atoms with E-state index in [0.29, 0.717) is 5.76 Å². The highest BCUT2D eigenvalue weighted by atomic mass is 16.4. The first-order valence-corrected chi connectivity index (χ1v) is 4.48. The van der Waals surface area contributed by atoms with Crippen LogP contribution in [0.25, 0.3) is 0 Å². The van der Waals surface area contributed by atoms with Gasteiger partial charge in [-0.3, -0.25) is 9.59 Å². The zero-order valence-corrected chi connectivity index (χ0v) is 8.61. The molecule has 0 spiro atoms. The van der Waals surface area contributed by atoms with Crippen LogP contribution in [0, 0.1) is 5.41 Å².